The van der Waals surface area contributed by atoms with Crippen LogP contribution in [0.15, 0.2) is 72.8 Å². The van der Waals surface area contributed by atoms with E-state index in [1.807, 2.05) is 0 Å². The van der Waals surface area contributed by atoms with E-state index in [1.165, 1.54) is 34.2 Å². The van der Waals surface area contributed by atoms with E-state index in [4.69, 9.17) is 0 Å². The maximum Gasteiger partial charge on any atom is -0.0114 e. The van der Waals surface area contributed by atoms with Crippen LogP contribution in [0.4, 0.5) is 0 Å². The lowest BCUT2D eigenvalue weighted by atomic mass is 9.89. The first-order valence-corrected chi connectivity index (χ1v) is 9.00. The summed E-state index contributed by atoms with van der Waals surface area (Å²) in [6.07, 6.45) is 5.68. The van der Waals surface area contributed by atoms with Gasteiger partial charge < -0.3 is 0 Å². The molecule has 3 aromatic carbocycles. The van der Waals surface area contributed by atoms with E-state index in [2.05, 4.69) is 85.8 Å². The molecule has 0 aliphatic heterocycles. The minimum atomic E-state index is 1.09. The zero-order valence-electron chi connectivity index (χ0n) is 14.5. The van der Waals surface area contributed by atoms with Gasteiger partial charge in [0.1, 0.15) is 0 Å². The summed E-state index contributed by atoms with van der Waals surface area (Å²) >= 11 is 0. The van der Waals surface area contributed by atoms with Gasteiger partial charge in [-0.25, -0.2) is 0 Å². The standard InChI is InChI=1S/C24H25/c1-2-11-21-18-10-19-23(24(21)22-15-7-4-8-16-22)17-9-14-20-12-5-3-6-13-20/h3-8,10,12-13,15-16,19H,2,9,11,14,17H2,1H3. The Hall–Kier alpha value is -2.34. The van der Waals surface area contributed by atoms with Gasteiger partial charge in [-0.05, 0) is 59.6 Å². The Bertz CT molecular complexity index is 742. The van der Waals surface area contributed by atoms with Crippen LogP contribution in [0.25, 0.3) is 11.1 Å². The predicted octanol–water partition coefficient (Wildman–Crippen LogP) is 6.28. The van der Waals surface area contributed by atoms with Crippen LogP contribution in [0.2, 0.25) is 0 Å². The highest BCUT2D eigenvalue weighted by molar-refractivity contribution is 5.71. The maximum atomic E-state index is 3.48. The first-order chi connectivity index (χ1) is 11.9. The average molecular weight is 313 g/mol. The molecule has 0 bridgehead atoms. The Morgan fingerprint density at radius 2 is 1.46 bits per heavy atom. The Morgan fingerprint density at radius 1 is 0.750 bits per heavy atom. The van der Waals surface area contributed by atoms with Crippen LogP contribution in [0.3, 0.4) is 0 Å². The predicted molar refractivity (Wildman–Crippen MR) is 103 cm³/mol. The molecule has 0 heteroatoms. The molecule has 0 N–H and O–H groups in total. The monoisotopic (exact) mass is 313 g/mol. The molecule has 0 unspecified atom stereocenters. The van der Waals surface area contributed by atoms with Crippen molar-refractivity contribution in [1.29, 1.82) is 0 Å². The van der Waals surface area contributed by atoms with Crippen molar-refractivity contribution in [2.75, 3.05) is 0 Å². The Morgan fingerprint density at radius 3 is 2.17 bits per heavy atom. The summed E-state index contributed by atoms with van der Waals surface area (Å²) in [5, 5.41) is 0. The normalized spacial score (nSPS) is 10.7. The molecular formula is C24H25. The van der Waals surface area contributed by atoms with E-state index >= 15 is 0 Å². The van der Waals surface area contributed by atoms with Gasteiger partial charge in [-0.2, -0.15) is 0 Å². The molecule has 0 fully saturated rings. The van der Waals surface area contributed by atoms with Crippen molar-refractivity contribution in [3.05, 3.63) is 95.6 Å². The lowest BCUT2D eigenvalue weighted by molar-refractivity contribution is 0.818. The van der Waals surface area contributed by atoms with Crippen molar-refractivity contribution < 1.29 is 0 Å². The van der Waals surface area contributed by atoms with Gasteiger partial charge in [0, 0.05) is 0 Å². The maximum absolute atomic E-state index is 3.48. The summed E-state index contributed by atoms with van der Waals surface area (Å²) in [4.78, 5) is 0. The summed E-state index contributed by atoms with van der Waals surface area (Å²) in [6, 6.07) is 29.4. The number of hydrogen-bond donors (Lipinski definition) is 0. The third-order valence-electron chi connectivity index (χ3n) is 4.48. The van der Waals surface area contributed by atoms with Gasteiger partial charge in [-0.1, -0.05) is 86.1 Å². The van der Waals surface area contributed by atoms with E-state index in [1.54, 1.807) is 0 Å². The zero-order chi connectivity index (χ0) is 16.6. The fourth-order valence-electron chi connectivity index (χ4n) is 3.34. The second kappa shape index (κ2) is 8.49. The summed E-state index contributed by atoms with van der Waals surface area (Å²) in [5.41, 5.74) is 6.98. The van der Waals surface area contributed by atoms with Crippen LogP contribution < -0.4 is 0 Å². The number of aryl methyl sites for hydroxylation is 3. The SMILES string of the molecule is CCCc1[c]ccc(CCCc2ccccc2)c1-c1ccccc1. The second-order valence-electron chi connectivity index (χ2n) is 6.31. The third-order valence-corrected chi connectivity index (χ3v) is 4.48. The van der Waals surface area contributed by atoms with E-state index in [9.17, 15) is 0 Å². The molecular weight excluding hydrogens is 288 g/mol. The summed E-state index contributed by atoms with van der Waals surface area (Å²) in [7, 11) is 0. The van der Waals surface area contributed by atoms with E-state index < -0.39 is 0 Å². The Kier molecular flexibility index (Phi) is 5.85. The minimum Gasteiger partial charge on any atom is -0.0651 e. The van der Waals surface area contributed by atoms with Gasteiger partial charge in [-0.15, -0.1) is 0 Å². The van der Waals surface area contributed by atoms with Crippen LogP contribution in [-0.4, -0.2) is 0 Å². The fraction of sp³-hybridized carbons (Fsp3) is 0.250. The van der Waals surface area contributed by atoms with Gasteiger partial charge in [-0.3, -0.25) is 0 Å². The molecule has 0 amide bonds. The Labute approximate surface area is 146 Å². The highest BCUT2D eigenvalue weighted by Crippen LogP contribution is 2.29. The van der Waals surface area contributed by atoms with Gasteiger partial charge in [0.2, 0.25) is 0 Å². The second-order valence-corrected chi connectivity index (χ2v) is 6.31. The van der Waals surface area contributed by atoms with Crippen LogP contribution >= 0.6 is 0 Å². The molecule has 0 nitrogen and oxygen atoms in total. The molecule has 0 saturated heterocycles. The third kappa shape index (κ3) is 4.14. The lowest BCUT2D eigenvalue weighted by Gasteiger charge is -2.15. The van der Waals surface area contributed by atoms with Gasteiger partial charge in [0.05, 0.1) is 0 Å². The summed E-state index contributed by atoms with van der Waals surface area (Å²) in [5.74, 6) is 0. The van der Waals surface area contributed by atoms with Crippen molar-refractivity contribution in [2.24, 2.45) is 0 Å². The molecule has 121 valence electrons. The largest absolute Gasteiger partial charge is 0.0651 e. The molecule has 3 rings (SSSR count). The van der Waals surface area contributed by atoms with Gasteiger partial charge in [0.15, 0.2) is 0 Å². The molecule has 0 spiro atoms. The average Bonchev–Trinajstić information content (AvgIpc) is 2.64. The zero-order valence-corrected chi connectivity index (χ0v) is 14.5. The summed E-state index contributed by atoms with van der Waals surface area (Å²) in [6.45, 7) is 2.24. The molecule has 0 atom stereocenters. The highest BCUT2D eigenvalue weighted by Gasteiger charge is 2.10. The fourth-order valence-corrected chi connectivity index (χ4v) is 3.34. The van der Waals surface area contributed by atoms with Crippen LogP contribution in [0.1, 0.15) is 36.5 Å². The number of benzene rings is 3. The number of hydrogen-bond acceptors (Lipinski definition) is 0. The minimum absolute atomic E-state index is 1.09. The topological polar surface area (TPSA) is 0 Å². The molecule has 0 aliphatic rings. The molecule has 0 saturated carbocycles. The quantitative estimate of drug-likeness (QED) is 0.481. The lowest BCUT2D eigenvalue weighted by Crippen LogP contribution is -1.98. The van der Waals surface area contributed by atoms with E-state index in [-0.39, 0.29) is 0 Å². The molecule has 3 aromatic rings. The van der Waals surface area contributed by atoms with Gasteiger partial charge >= 0.3 is 0 Å². The Balaban J connectivity index is 1.83. The molecule has 0 aliphatic carbocycles. The first kappa shape index (κ1) is 16.5. The molecule has 24 heavy (non-hydrogen) atoms. The van der Waals surface area contributed by atoms with Crippen molar-refractivity contribution >= 4 is 0 Å². The molecule has 0 heterocycles. The van der Waals surface area contributed by atoms with Crippen LogP contribution in [-0.2, 0) is 19.3 Å². The van der Waals surface area contributed by atoms with Crippen LogP contribution in [0, 0.1) is 6.07 Å². The van der Waals surface area contributed by atoms with E-state index in [0.29, 0.717) is 0 Å². The highest BCUT2D eigenvalue weighted by atomic mass is 14.1. The first-order valence-electron chi connectivity index (χ1n) is 9.00. The van der Waals surface area contributed by atoms with Gasteiger partial charge in [0.25, 0.3) is 0 Å². The van der Waals surface area contributed by atoms with Crippen molar-refractivity contribution in [3.63, 3.8) is 0 Å². The van der Waals surface area contributed by atoms with Crippen molar-refractivity contribution in [1.82, 2.24) is 0 Å². The van der Waals surface area contributed by atoms with Crippen molar-refractivity contribution in [2.45, 2.75) is 39.0 Å². The van der Waals surface area contributed by atoms with E-state index in [0.717, 1.165) is 25.7 Å². The van der Waals surface area contributed by atoms with Crippen LogP contribution in [0.5, 0.6) is 0 Å². The summed E-state index contributed by atoms with van der Waals surface area (Å²) < 4.78 is 0. The smallest absolute Gasteiger partial charge is 0.0114 e. The molecule has 1 radical (unpaired) electrons. The number of rotatable bonds is 7. The van der Waals surface area contributed by atoms with Crippen molar-refractivity contribution in [3.8, 4) is 11.1 Å². The molecule has 0 aromatic heterocycles.